The van der Waals surface area contributed by atoms with Gasteiger partial charge in [0.05, 0.1) is 11.4 Å². The van der Waals surface area contributed by atoms with Crippen LogP contribution in [0.5, 0.6) is 0 Å². The lowest BCUT2D eigenvalue weighted by Gasteiger charge is -2.06. The van der Waals surface area contributed by atoms with Crippen LogP contribution in [0.4, 0.5) is 15.8 Å². The van der Waals surface area contributed by atoms with Crippen LogP contribution in [-0.4, -0.2) is 17.6 Å². The molecule has 0 aliphatic heterocycles. The van der Waals surface area contributed by atoms with Crippen molar-refractivity contribution in [1.82, 2.24) is 0 Å². The molecule has 0 fully saturated rings. The van der Waals surface area contributed by atoms with Gasteiger partial charge in [-0.15, -0.1) is 0 Å². The average Bonchev–Trinajstić information content (AvgIpc) is 2.07. The summed E-state index contributed by atoms with van der Waals surface area (Å²) in [6.45, 7) is -0.284. The fraction of sp³-hybridized carbons (Fsp3) is 0.125. The van der Waals surface area contributed by atoms with E-state index in [1.165, 1.54) is 18.2 Å². The van der Waals surface area contributed by atoms with Crippen LogP contribution in [0.2, 0.25) is 0 Å². The highest BCUT2D eigenvalue weighted by Crippen LogP contribution is 2.20. The lowest BCUT2D eigenvalue weighted by molar-refractivity contribution is -0.134. The SMILES string of the molecule is Nc1c(F)cccc1NCC(=O)O. The molecule has 4 nitrogen and oxygen atoms in total. The molecular formula is C8H9FN2O2. The monoisotopic (exact) mass is 184 g/mol. The molecule has 5 heteroatoms. The second-order valence-corrected chi connectivity index (χ2v) is 2.45. The van der Waals surface area contributed by atoms with E-state index in [2.05, 4.69) is 5.32 Å². The molecule has 70 valence electrons. The molecule has 4 N–H and O–H groups in total. The van der Waals surface area contributed by atoms with Crippen LogP contribution < -0.4 is 11.1 Å². The summed E-state index contributed by atoms with van der Waals surface area (Å²) in [6, 6.07) is 4.18. The van der Waals surface area contributed by atoms with Crippen molar-refractivity contribution in [2.45, 2.75) is 0 Å². The Morgan fingerprint density at radius 3 is 2.92 bits per heavy atom. The number of rotatable bonds is 3. The Labute approximate surface area is 74.2 Å². The molecule has 1 aromatic carbocycles. The number of hydrogen-bond acceptors (Lipinski definition) is 3. The van der Waals surface area contributed by atoms with Gasteiger partial charge in [-0.3, -0.25) is 4.79 Å². The third-order valence-electron chi connectivity index (χ3n) is 1.48. The maximum atomic E-state index is 12.8. The van der Waals surface area contributed by atoms with Crippen LogP contribution in [0.3, 0.4) is 0 Å². The third kappa shape index (κ3) is 2.33. The second-order valence-electron chi connectivity index (χ2n) is 2.45. The first-order valence-corrected chi connectivity index (χ1v) is 3.61. The number of para-hydroxylation sites is 1. The number of aliphatic carboxylic acids is 1. The summed E-state index contributed by atoms with van der Waals surface area (Å²) in [5.74, 6) is -1.58. The first kappa shape index (κ1) is 9.31. The number of carbonyl (C=O) groups is 1. The van der Waals surface area contributed by atoms with Crippen molar-refractivity contribution in [1.29, 1.82) is 0 Å². The molecule has 0 radical (unpaired) electrons. The topological polar surface area (TPSA) is 75.3 Å². The van der Waals surface area contributed by atoms with Gasteiger partial charge in [0.15, 0.2) is 0 Å². The smallest absolute Gasteiger partial charge is 0.322 e. The maximum absolute atomic E-state index is 12.8. The summed E-state index contributed by atoms with van der Waals surface area (Å²) in [5, 5.41) is 10.8. The zero-order valence-electron chi connectivity index (χ0n) is 6.75. The molecule has 0 aliphatic carbocycles. The molecular weight excluding hydrogens is 175 g/mol. The van der Waals surface area contributed by atoms with Crippen molar-refractivity contribution in [2.75, 3.05) is 17.6 Å². The number of benzene rings is 1. The minimum absolute atomic E-state index is 0.0660. The van der Waals surface area contributed by atoms with E-state index < -0.39 is 11.8 Å². The molecule has 1 aromatic rings. The Morgan fingerprint density at radius 1 is 1.62 bits per heavy atom. The molecule has 0 unspecified atom stereocenters. The lowest BCUT2D eigenvalue weighted by Crippen LogP contribution is -2.13. The zero-order valence-corrected chi connectivity index (χ0v) is 6.75. The Bertz CT molecular complexity index is 328. The minimum Gasteiger partial charge on any atom is -0.480 e. The Morgan fingerprint density at radius 2 is 2.31 bits per heavy atom. The van der Waals surface area contributed by atoms with Crippen molar-refractivity contribution in [2.24, 2.45) is 0 Å². The average molecular weight is 184 g/mol. The van der Waals surface area contributed by atoms with Crippen molar-refractivity contribution in [3.8, 4) is 0 Å². The van der Waals surface area contributed by atoms with Gasteiger partial charge in [-0.25, -0.2) is 4.39 Å². The van der Waals surface area contributed by atoms with E-state index in [4.69, 9.17) is 10.8 Å². The number of nitrogen functional groups attached to an aromatic ring is 1. The van der Waals surface area contributed by atoms with Gasteiger partial charge < -0.3 is 16.2 Å². The highest BCUT2D eigenvalue weighted by molar-refractivity contribution is 5.76. The Hall–Kier alpha value is -1.78. The van der Waals surface area contributed by atoms with E-state index in [1.54, 1.807) is 0 Å². The normalized spacial score (nSPS) is 9.62. The van der Waals surface area contributed by atoms with Crippen molar-refractivity contribution < 1.29 is 14.3 Å². The fourth-order valence-electron chi connectivity index (χ4n) is 0.862. The fourth-order valence-corrected chi connectivity index (χ4v) is 0.862. The standard InChI is InChI=1S/C8H9FN2O2/c9-5-2-1-3-6(8(5)10)11-4-7(12)13/h1-3,11H,4,10H2,(H,12,13). The minimum atomic E-state index is -1.02. The summed E-state index contributed by atoms with van der Waals surface area (Å²) < 4.78 is 12.8. The molecule has 0 atom stereocenters. The number of carboxylic acids is 1. The first-order valence-electron chi connectivity index (χ1n) is 3.61. The van der Waals surface area contributed by atoms with Gasteiger partial charge in [0.2, 0.25) is 0 Å². The largest absolute Gasteiger partial charge is 0.480 e. The molecule has 0 bridgehead atoms. The van der Waals surface area contributed by atoms with E-state index >= 15 is 0 Å². The van der Waals surface area contributed by atoms with Crippen LogP contribution in [-0.2, 0) is 4.79 Å². The van der Waals surface area contributed by atoms with Crippen LogP contribution >= 0.6 is 0 Å². The van der Waals surface area contributed by atoms with Gasteiger partial charge in [0.1, 0.15) is 12.4 Å². The van der Waals surface area contributed by atoms with Crippen LogP contribution in [0.25, 0.3) is 0 Å². The predicted molar refractivity (Wildman–Crippen MR) is 46.9 cm³/mol. The van der Waals surface area contributed by atoms with E-state index in [9.17, 15) is 9.18 Å². The zero-order chi connectivity index (χ0) is 9.84. The highest BCUT2D eigenvalue weighted by atomic mass is 19.1. The van der Waals surface area contributed by atoms with E-state index in [-0.39, 0.29) is 12.2 Å². The van der Waals surface area contributed by atoms with Crippen LogP contribution in [0.1, 0.15) is 0 Å². The number of halogens is 1. The second kappa shape index (κ2) is 3.75. The first-order chi connectivity index (χ1) is 6.11. The highest BCUT2D eigenvalue weighted by Gasteiger charge is 2.04. The molecule has 0 aliphatic rings. The lowest BCUT2D eigenvalue weighted by atomic mass is 10.2. The predicted octanol–water partition coefficient (Wildman–Crippen LogP) is 0.904. The van der Waals surface area contributed by atoms with Crippen molar-refractivity contribution in [3.05, 3.63) is 24.0 Å². The van der Waals surface area contributed by atoms with Gasteiger partial charge in [-0.1, -0.05) is 6.07 Å². The van der Waals surface area contributed by atoms with Crippen LogP contribution in [0.15, 0.2) is 18.2 Å². The molecule has 0 saturated carbocycles. The van der Waals surface area contributed by atoms with E-state index in [0.717, 1.165) is 0 Å². The van der Waals surface area contributed by atoms with E-state index in [0.29, 0.717) is 5.69 Å². The Balaban J connectivity index is 2.77. The van der Waals surface area contributed by atoms with Gasteiger partial charge in [-0.2, -0.15) is 0 Å². The van der Waals surface area contributed by atoms with Crippen LogP contribution in [0, 0.1) is 5.82 Å². The molecule has 1 rings (SSSR count). The summed E-state index contributed by atoms with van der Waals surface area (Å²) in [4.78, 5) is 10.2. The van der Waals surface area contributed by atoms with Gasteiger partial charge in [0, 0.05) is 0 Å². The quantitative estimate of drug-likeness (QED) is 0.610. The number of hydrogen-bond donors (Lipinski definition) is 3. The maximum Gasteiger partial charge on any atom is 0.322 e. The van der Waals surface area contributed by atoms with Crippen molar-refractivity contribution >= 4 is 17.3 Å². The molecule has 13 heavy (non-hydrogen) atoms. The molecule has 0 spiro atoms. The molecule has 0 heterocycles. The molecule has 0 saturated heterocycles. The number of nitrogens with one attached hydrogen (secondary N) is 1. The Kier molecular flexibility index (Phi) is 2.69. The number of carboxylic acid groups (broad SMARTS) is 1. The molecule has 0 aromatic heterocycles. The van der Waals surface area contributed by atoms with Gasteiger partial charge in [-0.05, 0) is 12.1 Å². The third-order valence-corrected chi connectivity index (χ3v) is 1.48. The van der Waals surface area contributed by atoms with Gasteiger partial charge in [0.25, 0.3) is 0 Å². The summed E-state index contributed by atoms with van der Waals surface area (Å²) in [5.41, 5.74) is 5.57. The number of nitrogens with two attached hydrogens (primary N) is 1. The van der Waals surface area contributed by atoms with Crippen molar-refractivity contribution in [3.63, 3.8) is 0 Å². The molecule has 0 amide bonds. The van der Waals surface area contributed by atoms with E-state index in [1.807, 2.05) is 0 Å². The summed E-state index contributed by atoms with van der Waals surface area (Å²) in [7, 11) is 0. The van der Waals surface area contributed by atoms with Gasteiger partial charge >= 0.3 is 5.97 Å². The summed E-state index contributed by atoms with van der Waals surface area (Å²) in [6.07, 6.45) is 0. The summed E-state index contributed by atoms with van der Waals surface area (Å²) >= 11 is 0. The number of anilines is 2.